The molecule has 0 radical (unpaired) electrons. The lowest BCUT2D eigenvalue weighted by molar-refractivity contribution is 0.332. The summed E-state index contributed by atoms with van der Waals surface area (Å²) < 4.78 is 1.72. The van der Waals surface area contributed by atoms with Crippen LogP contribution in [0.4, 0.5) is 5.82 Å². The Hall–Kier alpha value is -1.42. The minimum atomic E-state index is 0.841. The second-order valence-electron chi connectivity index (χ2n) is 3.88. The van der Waals surface area contributed by atoms with Gasteiger partial charge < -0.3 is 4.90 Å². The van der Waals surface area contributed by atoms with Crippen LogP contribution in [0.5, 0.6) is 0 Å². The molecule has 1 aliphatic heterocycles. The van der Waals surface area contributed by atoms with Crippen molar-refractivity contribution in [3.8, 4) is 0 Å². The molecule has 1 aromatic rings. The quantitative estimate of drug-likeness (QED) is 0.687. The minimum Gasteiger partial charge on any atom is -0.302 e. The topological polar surface area (TPSA) is 33.4 Å². The zero-order valence-electron chi connectivity index (χ0n) is 9.11. The number of hydrogen-bond acceptors (Lipinski definition) is 3. The molecule has 2 heterocycles. The predicted molar refractivity (Wildman–Crippen MR) is 62.5 cm³/mol. The number of aromatic nitrogens is 2. The molecule has 0 aromatic carbocycles. The first-order valence-corrected chi connectivity index (χ1v) is 5.14. The molecule has 0 aliphatic carbocycles. The van der Waals surface area contributed by atoms with Crippen molar-refractivity contribution in [2.75, 3.05) is 13.6 Å². The second-order valence-corrected chi connectivity index (χ2v) is 3.88. The fourth-order valence-corrected chi connectivity index (χ4v) is 2.03. The van der Waals surface area contributed by atoms with Crippen LogP contribution in [0, 0.1) is 0 Å². The van der Waals surface area contributed by atoms with E-state index >= 15 is 0 Å². The van der Waals surface area contributed by atoms with Crippen LogP contribution in [0.3, 0.4) is 0 Å². The molecule has 0 saturated heterocycles. The van der Waals surface area contributed by atoms with Gasteiger partial charge in [0.2, 0.25) is 0 Å². The lowest BCUT2D eigenvalue weighted by Crippen LogP contribution is -2.17. The molecule has 15 heavy (non-hydrogen) atoms. The smallest absolute Gasteiger partial charge is 0.159 e. The first kappa shape index (κ1) is 10.1. The van der Waals surface area contributed by atoms with Crippen LogP contribution in [-0.4, -0.2) is 35.0 Å². The first-order valence-electron chi connectivity index (χ1n) is 5.14. The van der Waals surface area contributed by atoms with E-state index in [0.717, 1.165) is 37.4 Å². The molecule has 0 amide bonds. The molecule has 1 aliphatic rings. The Balaban J connectivity index is 2.49. The highest BCUT2D eigenvalue weighted by Gasteiger charge is 2.19. The third-order valence-electron chi connectivity index (χ3n) is 2.77. The average Bonchev–Trinajstić information content (AvgIpc) is 2.45. The van der Waals surface area contributed by atoms with Gasteiger partial charge in [0.15, 0.2) is 5.82 Å². The summed E-state index contributed by atoms with van der Waals surface area (Å²) in [6, 6.07) is 0. The number of nitrogens with zero attached hydrogens (tertiary/aromatic N) is 4. The number of aliphatic imine (C=N–C) groups is 1. The van der Waals surface area contributed by atoms with Crippen molar-refractivity contribution < 1.29 is 0 Å². The van der Waals surface area contributed by atoms with E-state index in [1.807, 2.05) is 0 Å². The minimum absolute atomic E-state index is 0.841. The van der Waals surface area contributed by atoms with Crippen molar-refractivity contribution in [1.29, 1.82) is 0 Å². The van der Waals surface area contributed by atoms with Gasteiger partial charge in [-0.1, -0.05) is 6.58 Å². The molecule has 0 fully saturated rings. The van der Waals surface area contributed by atoms with Crippen LogP contribution in [0.15, 0.2) is 11.6 Å². The van der Waals surface area contributed by atoms with E-state index in [2.05, 4.69) is 35.3 Å². The fourth-order valence-electron chi connectivity index (χ4n) is 2.03. The van der Waals surface area contributed by atoms with E-state index in [1.54, 1.807) is 10.9 Å². The highest BCUT2D eigenvalue weighted by atomic mass is 15.3. The Morgan fingerprint density at radius 3 is 3.00 bits per heavy atom. The Morgan fingerprint density at radius 1 is 1.53 bits per heavy atom. The maximum Gasteiger partial charge on any atom is 0.159 e. The number of rotatable bonds is 2. The molecule has 0 N–H and O–H groups in total. The van der Waals surface area contributed by atoms with Crippen molar-refractivity contribution in [3.05, 3.63) is 17.8 Å². The van der Waals surface area contributed by atoms with E-state index in [0.29, 0.717) is 0 Å². The third kappa shape index (κ3) is 1.72. The zero-order chi connectivity index (χ0) is 10.8. The molecule has 0 saturated carbocycles. The van der Waals surface area contributed by atoms with Gasteiger partial charge in [0.05, 0.1) is 5.69 Å². The van der Waals surface area contributed by atoms with Gasteiger partial charge in [-0.05, 0) is 33.2 Å². The van der Waals surface area contributed by atoms with Crippen LogP contribution >= 0.6 is 0 Å². The van der Waals surface area contributed by atoms with Gasteiger partial charge >= 0.3 is 0 Å². The fraction of sp³-hybridized carbons (Fsp3) is 0.455. The molecule has 4 heteroatoms. The summed E-state index contributed by atoms with van der Waals surface area (Å²) in [5.41, 5.74) is 2.34. The zero-order valence-corrected chi connectivity index (χ0v) is 9.11. The van der Waals surface area contributed by atoms with Gasteiger partial charge in [0.25, 0.3) is 0 Å². The van der Waals surface area contributed by atoms with Crippen molar-refractivity contribution in [1.82, 2.24) is 14.7 Å². The van der Waals surface area contributed by atoms with Crippen LogP contribution in [-0.2, 0) is 13.0 Å². The molecule has 1 aromatic heterocycles. The maximum atomic E-state index is 4.47. The summed E-state index contributed by atoms with van der Waals surface area (Å²) >= 11 is 0. The Morgan fingerprint density at radius 2 is 2.33 bits per heavy atom. The van der Waals surface area contributed by atoms with Crippen LogP contribution in [0.1, 0.15) is 17.7 Å². The predicted octanol–water partition coefficient (Wildman–Crippen LogP) is 1.69. The molecule has 80 valence electrons. The van der Waals surface area contributed by atoms with Gasteiger partial charge in [0.1, 0.15) is 0 Å². The Labute approximate surface area is 89.9 Å². The summed E-state index contributed by atoms with van der Waals surface area (Å²) in [6.45, 7) is 9.34. The molecule has 0 atom stereocenters. The lowest BCUT2D eigenvalue weighted by Gasteiger charge is -2.12. The SMILES string of the molecule is C=Cn1nc2c(c1N=C)CN(C)CCC2. The van der Waals surface area contributed by atoms with Crippen molar-refractivity contribution in [3.63, 3.8) is 0 Å². The molecular formula is C11H16N4. The summed E-state index contributed by atoms with van der Waals surface area (Å²) in [5.74, 6) is 0.841. The highest BCUT2D eigenvalue weighted by Crippen LogP contribution is 2.27. The number of aryl methyl sites for hydroxylation is 1. The Bertz CT molecular complexity index is 392. The largest absolute Gasteiger partial charge is 0.302 e. The number of fused-ring (bicyclic) bond motifs is 1. The molecule has 0 bridgehead atoms. The van der Waals surface area contributed by atoms with E-state index in [4.69, 9.17) is 0 Å². The first-order chi connectivity index (χ1) is 7.26. The summed E-state index contributed by atoms with van der Waals surface area (Å²) in [5, 5.41) is 4.47. The maximum absolute atomic E-state index is 4.47. The molecule has 0 spiro atoms. The summed E-state index contributed by atoms with van der Waals surface area (Å²) in [4.78, 5) is 6.33. The van der Waals surface area contributed by atoms with Crippen LogP contribution in [0.25, 0.3) is 6.20 Å². The normalized spacial score (nSPS) is 16.9. The van der Waals surface area contributed by atoms with Crippen molar-refractivity contribution in [2.45, 2.75) is 19.4 Å². The summed E-state index contributed by atoms with van der Waals surface area (Å²) in [7, 11) is 2.12. The lowest BCUT2D eigenvalue weighted by atomic mass is 10.2. The third-order valence-corrected chi connectivity index (χ3v) is 2.77. The van der Waals surface area contributed by atoms with E-state index in [1.165, 1.54) is 5.56 Å². The van der Waals surface area contributed by atoms with Crippen LogP contribution < -0.4 is 0 Å². The molecule has 0 unspecified atom stereocenters. The van der Waals surface area contributed by atoms with E-state index in [9.17, 15) is 0 Å². The monoisotopic (exact) mass is 204 g/mol. The van der Waals surface area contributed by atoms with Crippen LogP contribution in [0.2, 0.25) is 0 Å². The van der Waals surface area contributed by atoms with Crippen molar-refractivity contribution in [2.24, 2.45) is 4.99 Å². The van der Waals surface area contributed by atoms with Gasteiger partial charge in [-0.15, -0.1) is 0 Å². The molecule has 2 rings (SSSR count). The van der Waals surface area contributed by atoms with E-state index < -0.39 is 0 Å². The standard InChI is InChI=1S/C11H16N4/c1-4-15-11(12-2)9-8-14(3)7-5-6-10(9)13-15/h4H,1-2,5-8H2,3H3. The van der Waals surface area contributed by atoms with Gasteiger partial charge in [-0.25, -0.2) is 9.67 Å². The van der Waals surface area contributed by atoms with E-state index in [-0.39, 0.29) is 0 Å². The summed E-state index contributed by atoms with van der Waals surface area (Å²) in [6.07, 6.45) is 3.84. The molecule has 4 nitrogen and oxygen atoms in total. The second kappa shape index (κ2) is 3.98. The molecular weight excluding hydrogens is 188 g/mol. The highest BCUT2D eigenvalue weighted by molar-refractivity contribution is 5.52. The Kier molecular flexibility index (Phi) is 2.68. The van der Waals surface area contributed by atoms with Gasteiger partial charge in [-0.2, -0.15) is 5.10 Å². The van der Waals surface area contributed by atoms with Crippen molar-refractivity contribution >= 4 is 18.7 Å². The number of hydrogen-bond donors (Lipinski definition) is 0. The average molecular weight is 204 g/mol. The van der Waals surface area contributed by atoms with Gasteiger partial charge in [0, 0.05) is 18.3 Å². The van der Waals surface area contributed by atoms with Gasteiger partial charge in [-0.3, -0.25) is 0 Å².